The van der Waals surface area contributed by atoms with Crippen LogP contribution in [0.5, 0.6) is 0 Å². The number of rotatable bonds is 3. The Labute approximate surface area is 117 Å². The first-order valence-electron chi connectivity index (χ1n) is 7.33. The van der Waals surface area contributed by atoms with Crippen molar-refractivity contribution in [3.63, 3.8) is 0 Å². The van der Waals surface area contributed by atoms with E-state index in [4.69, 9.17) is 0 Å². The molecule has 0 aliphatic heterocycles. The van der Waals surface area contributed by atoms with Gasteiger partial charge in [-0.15, -0.1) is 0 Å². The van der Waals surface area contributed by atoms with Crippen molar-refractivity contribution in [2.24, 2.45) is 17.8 Å². The third-order valence-corrected chi connectivity index (χ3v) is 4.51. The topological polar surface area (TPSA) is 9.23 Å². The van der Waals surface area contributed by atoms with E-state index in [-0.39, 0.29) is 12.3 Å². The smallest absolute Gasteiger partial charge is 0.394 e. The molecule has 3 unspecified atom stereocenters. The third-order valence-electron chi connectivity index (χ3n) is 4.51. The molecule has 20 heavy (non-hydrogen) atoms. The lowest BCUT2D eigenvalue weighted by Gasteiger charge is -2.37. The van der Waals surface area contributed by atoms with Gasteiger partial charge in [0, 0.05) is 6.92 Å². The molecule has 0 spiro atoms. The summed E-state index contributed by atoms with van der Waals surface area (Å²) in [5, 5.41) is 0. The predicted molar refractivity (Wildman–Crippen MR) is 68.8 cm³/mol. The molecule has 5 heteroatoms. The summed E-state index contributed by atoms with van der Waals surface area (Å²) < 4.78 is 57.9. The first-order valence-corrected chi connectivity index (χ1v) is 7.33. The Balaban J connectivity index is 2.01. The molecule has 1 nitrogen and oxygen atoms in total. The van der Waals surface area contributed by atoms with Gasteiger partial charge >= 0.3 is 6.11 Å². The number of alkyl halides is 4. The average Bonchev–Trinajstić information content (AvgIpc) is 2.35. The average molecular weight is 294 g/mol. The molecule has 2 aliphatic carbocycles. The van der Waals surface area contributed by atoms with Crippen LogP contribution in [0.4, 0.5) is 17.6 Å². The molecular weight excluding hydrogens is 272 g/mol. The second-order valence-corrected chi connectivity index (χ2v) is 6.28. The van der Waals surface area contributed by atoms with Crippen LogP contribution < -0.4 is 0 Å². The largest absolute Gasteiger partial charge is 0.434 e. The molecule has 0 heterocycles. The van der Waals surface area contributed by atoms with Gasteiger partial charge in [-0.05, 0) is 43.1 Å². The lowest BCUT2D eigenvalue weighted by molar-refractivity contribution is -0.208. The van der Waals surface area contributed by atoms with E-state index < -0.39 is 30.1 Å². The summed E-state index contributed by atoms with van der Waals surface area (Å²) in [6.07, 6.45) is -1.83. The minimum atomic E-state index is -3.47. The van der Waals surface area contributed by atoms with E-state index in [1.165, 1.54) is 6.08 Å². The Kier molecular flexibility index (Phi) is 4.65. The van der Waals surface area contributed by atoms with Crippen LogP contribution >= 0.6 is 0 Å². The van der Waals surface area contributed by atoms with Gasteiger partial charge in [0.25, 0.3) is 0 Å². The summed E-state index contributed by atoms with van der Waals surface area (Å²) in [4.78, 5) is 0. The van der Waals surface area contributed by atoms with Crippen molar-refractivity contribution in [1.29, 1.82) is 0 Å². The molecule has 2 rings (SSSR count). The molecule has 3 atom stereocenters. The molecule has 0 aromatic heterocycles. The molecule has 0 aromatic carbocycles. The number of hydrogen-bond donors (Lipinski definition) is 0. The quantitative estimate of drug-likeness (QED) is 0.664. The first-order chi connectivity index (χ1) is 9.28. The van der Waals surface area contributed by atoms with Gasteiger partial charge in [-0.25, -0.2) is 8.78 Å². The van der Waals surface area contributed by atoms with Crippen LogP contribution in [0.15, 0.2) is 11.8 Å². The SMILES string of the molecule is CC1CCC(C2CC=C(OC(C)(F)F)C(F)C2F)CC1. The van der Waals surface area contributed by atoms with Gasteiger partial charge in [0.2, 0.25) is 0 Å². The van der Waals surface area contributed by atoms with Gasteiger partial charge in [-0.2, -0.15) is 8.78 Å². The summed E-state index contributed by atoms with van der Waals surface area (Å²) in [5.74, 6) is -0.164. The fraction of sp³-hybridized carbons (Fsp3) is 0.867. The lowest BCUT2D eigenvalue weighted by Crippen LogP contribution is -2.39. The number of ether oxygens (including phenoxy) is 1. The Morgan fingerprint density at radius 1 is 1.15 bits per heavy atom. The highest BCUT2D eigenvalue weighted by atomic mass is 19.3. The zero-order chi connectivity index (χ0) is 14.9. The molecule has 0 N–H and O–H groups in total. The van der Waals surface area contributed by atoms with Gasteiger partial charge in [0.1, 0.15) is 11.9 Å². The molecule has 0 bridgehead atoms. The van der Waals surface area contributed by atoms with Gasteiger partial charge in [-0.1, -0.05) is 19.8 Å². The highest BCUT2D eigenvalue weighted by Crippen LogP contribution is 2.42. The summed E-state index contributed by atoms with van der Waals surface area (Å²) in [6, 6.07) is 0. The fourth-order valence-electron chi connectivity index (χ4n) is 3.34. The van der Waals surface area contributed by atoms with Crippen molar-refractivity contribution >= 4 is 0 Å². The van der Waals surface area contributed by atoms with Gasteiger partial charge < -0.3 is 4.74 Å². The summed E-state index contributed by atoms with van der Waals surface area (Å²) in [7, 11) is 0. The van der Waals surface area contributed by atoms with Crippen molar-refractivity contribution in [3.8, 4) is 0 Å². The second kappa shape index (κ2) is 5.94. The summed E-state index contributed by atoms with van der Waals surface area (Å²) in [5.41, 5.74) is 0. The maximum Gasteiger partial charge on any atom is 0.394 e. The second-order valence-electron chi connectivity index (χ2n) is 6.28. The highest BCUT2D eigenvalue weighted by Gasteiger charge is 2.43. The molecule has 0 radical (unpaired) electrons. The van der Waals surface area contributed by atoms with Crippen LogP contribution in [0, 0.1) is 17.8 Å². The zero-order valence-corrected chi connectivity index (χ0v) is 11.9. The van der Waals surface area contributed by atoms with Crippen LogP contribution in [-0.4, -0.2) is 18.5 Å². The van der Waals surface area contributed by atoms with E-state index in [0.29, 0.717) is 12.8 Å². The van der Waals surface area contributed by atoms with E-state index in [0.717, 1.165) is 25.7 Å². The van der Waals surface area contributed by atoms with Crippen LogP contribution in [0.2, 0.25) is 0 Å². The number of hydrogen-bond acceptors (Lipinski definition) is 1. The minimum Gasteiger partial charge on any atom is -0.434 e. The number of halogens is 4. The monoisotopic (exact) mass is 294 g/mol. The number of allylic oxidation sites excluding steroid dienone is 2. The van der Waals surface area contributed by atoms with Gasteiger partial charge in [-0.3, -0.25) is 0 Å². The van der Waals surface area contributed by atoms with Gasteiger partial charge in [0.15, 0.2) is 6.17 Å². The van der Waals surface area contributed by atoms with E-state index in [9.17, 15) is 17.6 Å². The maximum atomic E-state index is 14.2. The normalized spacial score (nSPS) is 39.3. The molecule has 2 aliphatic rings. The Bertz CT molecular complexity index is 355. The molecule has 1 saturated carbocycles. The summed E-state index contributed by atoms with van der Waals surface area (Å²) in [6.45, 7) is 2.69. The van der Waals surface area contributed by atoms with E-state index in [1.807, 2.05) is 0 Å². The Morgan fingerprint density at radius 3 is 2.30 bits per heavy atom. The lowest BCUT2D eigenvalue weighted by atomic mass is 9.71. The Hall–Kier alpha value is -0.740. The molecule has 116 valence electrons. The van der Waals surface area contributed by atoms with Crippen LogP contribution in [0.3, 0.4) is 0 Å². The van der Waals surface area contributed by atoms with Crippen molar-refractivity contribution in [1.82, 2.24) is 0 Å². The molecular formula is C15H22F4O. The molecule has 0 saturated heterocycles. The Morgan fingerprint density at radius 2 is 1.75 bits per heavy atom. The van der Waals surface area contributed by atoms with Crippen LogP contribution in [-0.2, 0) is 4.74 Å². The third kappa shape index (κ3) is 3.67. The van der Waals surface area contributed by atoms with Crippen molar-refractivity contribution in [3.05, 3.63) is 11.8 Å². The van der Waals surface area contributed by atoms with Crippen molar-refractivity contribution in [2.45, 2.75) is 64.4 Å². The van der Waals surface area contributed by atoms with Gasteiger partial charge in [0.05, 0.1) is 0 Å². The first kappa shape index (κ1) is 15.6. The minimum absolute atomic E-state index is 0.152. The predicted octanol–water partition coefficient (Wildman–Crippen LogP) is 5.02. The van der Waals surface area contributed by atoms with E-state index in [2.05, 4.69) is 11.7 Å². The van der Waals surface area contributed by atoms with E-state index in [1.54, 1.807) is 0 Å². The standard InChI is InChI=1S/C15H22F4O/c1-9-3-5-10(6-4-9)11-7-8-12(14(17)13(11)16)20-15(2,18)19/h8-11,13-14H,3-7H2,1-2H3. The summed E-state index contributed by atoms with van der Waals surface area (Å²) >= 11 is 0. The molecule has 1 fully saturated rings. The van der Waals surface area contributed by atoms with Crippen molar-refractivity contribution in [2.75, 3.05) is 0 Å². The zero-order valence-electron chi connectivity index (χ0n) is 11.9. The van der Waals surface area contributed by atoms with Crippen LogP contribution in [0.1, 0.15) is 46.0 Å². The van der Waals surface area contributed by atoms with E-state index >= 15 is 0 Å². The molecule has 0 amide bonds. The molecule has 0 aromatic rings. The maximum absolute atomic E-state index is 14.2. The van der Waals surface area contributed by atoms with Crippen LogP contribution in [0.25, 0.3) is 0 Å². The van der Waals surface area contributed by atoms with Crippen molar-refractivity contribution < 1.29 is 22.3 Å². The fourth-order valence-corrected chi connectivity index (χ4v) is 3.34. The highest BCUT2D eigenvalue weighted by molar-refractivity contribution is 5.11.